The Hall–Kier alpha value is 0.721. The van der Waals surface area contributed by atoms with Crippen molar-refractivity contribution in [1.82, 2.24) is 3.05 Å². The first kappa shape index (κ1) is 19.8. The van der Waals surface area contributed by atoms with Gasteiger partial charge in [-0.3, -0.25) is 0 Å². The first-order chi connectivity index (χ1) is 9.37. The van der Waals surface area contributed by atoms with E-state index in [1.807, 2.05) is 37.6 Å². The van der Waals surface area contributed by atoms with Gasteiger partial charge in [0.2, 0.25) is 0 Å². The molecule has 0 radical (unpaired) electrons. The molecule has 0 aromatic carbocycles. The van der Waals surface area contributed by atoms with Gasteiger partial charge in [-0.15, -0.1) is 0 Å². The second-order valence-corrected chi connectivity index (χ2v) is 14.2. The average Bonchev–Trinajstić information content (AvgIpc) is 2.52. The van der Waals surface area contributed by atoms with Crippen LogP contribution >= 0.6 is 23.2 Å². The van der Waals surface area contributed by atoms with E-state index in [9.17, 15) is 4.79 Å². The minimum absolute atomic E-state index is 0.167. The van der Waals surface area contributed by atoms with E-state index in [0.29, 0.717) is 6.42 Å². The molecule has 6 heteroatoms. The first-order valence-corrected chi connectivity index (χ1v) is 11.9. The molecular weight excluding hydrogens is 357 g/mol. The van der Waals surface area contributed by atoms with Crippen LogP contribution in [0.2, 0.25) is 13.1 Å². The molecule has 3 atom stereocenters. The van der Waals surface area contributed by atoms with Crippen LogP contribution in [0.15, 0.2) is 11.1 Å². The summed E-state index contributed by atoms with van der Waals surface area (Å²) in [5, 5.41) is 0. The van der Waals surface area contributed by atoms with Gasteiger partial charge in [-0.05, 0) is 0 Å². The molecule has 0 saturated heterocycles. The topological polar surface area (TPSA) is 20.3 Å². The van der Waals surface area contributed by atoms with E-state index in [0.717, 1.165) is 12.0 Å². The number of allylic oxidation sites excluding steroid dienone is 2. The Balaban J connectivity index is 3.33. The summed E-state index contributed by atoms with van der Waals surface area (Å²) < 4.78 is 1.32. The van der Waals surface area contributed by atoms with Crippen molar-refractivity contribution in [3.05, 3.63) is 11.1 Å². The summed E-state index contributed by atoms with van der Waals surface area (Å²) in [5.74, 6) is 0.344. The number of carbonyl (C=O) groups excluding carboxylic acids is 1. The third-order valence-electron chi connectivity index (χ3n) is 5.39. The van der Waals surface area contributed by atoms with Gasteiger partial charge in [0.15, 0.2) is 0 Å². The van der Waals surface area contributed by atoms with Crippen LogP contribution in [0.3, 0.4) is 0 Å². The predicted molar refractivity (Wildman–Crippen MR) is 89.6 cm³/mol. The molecule has 0 heterocycles. The van der Waals surface area contributed by atoms with Crippen molar-refractivity contribution in [1.29, 1.82) is 0 Å². The summed E-state index contributed by atoms with van der Waals surface area (Å²) in [4.78, 5) is 11.8. The van der Waals surface area contributed by atoms with Crippen LogP contribution in [0.5, 0.6) is 0 Å². The van der Waals surface area contributed by atoms with Crippen molar-refractivity contribution in [3.8, 4) is 0 Å². The van der Waals surface area contributed by atoms with Gasteiger partial charge in [0, 0.05) is 0 Å². The van der Waals surface area contributed by atoms with Crippen molar-refractivity contribution in [2.45, 2.75) is 69.9 Å². The molecule has 2 nitrogen and oxygen atoms in total. The Kier molecular flexibility index (Phi) is 5.95. The van der Waals surface area contributed by atoms with E-state index in [1.165, 1.54) is 5.57 Å². The summed E-state index contributed by atoms with van der Waals surface area (Å²) in [6.07, 6.45) is 1.42. The molecule has 1 aliphatic rings. The molecule has 0 aromatic rings. The maximum atomic E-state index is 12.4. The standard InChI is InChI=1S/C15H27Cl2NOSi.Ti/c1-8-9-13(19)18-20(6,7)15(17)12(4)10(2)11(3)14(15,5)16;/h12H,8-9H2,1-7H3,(H,18,19);/q;+1/p-1. The van der Waals surface area contributed by atoms with E-state index in [2.05, 4.69) is 33.9 Å². The number of carbonyl (C=O) groups is 1. The fourth-order valence-electron chi connectivity index (χ4n) is 3.58. The minimum atomic E-state index is -2.30. The summed E-state index contributed by atoms with van der Waals surface area (Å²) in [7, 11) is -2.30. The molecule has 0 N–H and O–H groups in total. The van der Waals surface area contributed by atoms with Crippen LogP contribution in [0.1, 0.15) is 47.5 Å². The molecule has 0 fully saturated rings. The summed E-state index contributed by atoms with van der Waals surface area (Å²) >= 11 is 16.1. The number of nitrogens with zero attached hydrogens (tertiary/aromatic N) is 1. The Morgan fingerprint density at radius 2 is 1.86 bits per heavy atom. The predicted octanol–water partition coefficient (Wildman–Crippen LogP) is 4.78. The fraction of sp³-hybridized carbons (Fsp3) is 0.800. The monoisotopic (exact) mass is 382 g/mol. The van der Waals surface area contributed by atoms with E-state index >= 15 is 0 Å². The number of halogens is 2. The van der Waals surface area contributed by atoms with Gasteiger partial charge < -0.3 is 0 Å². The van der Waals surface area contributed by atoms with Gasteiger partial charge in [0.05, 0.1) is 0 Å². The summed E-state index contributed by atoms with van der Waals surface area (Å²) in [6.45, 7) is 14.7. The molecule has 0 bridgehead atoms. The average molecular weight is 383 g/mol. The number of hydrogen-bond donors (Lipinski definition) is 0. The zero-order valence-electron chi connectivity index (χ0n) is 14.1. The zero-order chi connectivity index (χ0) is 16.8. The van der Waals surface area contributed by atoms with Crippen LogP contribution in [0.4, 0.5) is 0 Å². The molecule has 0 aromatic heterocycles. The Labute approximate surface area is 152 Å². The molecule has 0 aliphatic heterocycles. The van der Waals surface area contributed by atoms with Crippen molar-refractivity contribution in [3.63, 3.8) is 0 Å². The van der Waals surface area contributed by atoms with Crippen LogP contribution in [0, 0.1) is 5.92 Å². The SMILES string of the molecule is CCCC(=O)[N]([Ti])[Si](C)(C)C1(Cl)C(C)C(C)=C(C)C1(C)Cl. The third kappa shape index (κ3) is 2.71. The van der Waals surface area contributed by atoms with Crippen LogP contribution in [-0.4, -0.2) is 26.6 Å². The Morgan fingerprint density at radius 3 is 2.19 bits per heavy atom. The van der Waals surface area contributed by atoms with Crippen molar-refractivity contribution < 1.29 is 25.5 Å². The van der Waals surface area contributed by atoms with Crippen LogP contribution in [0.25, 0.3) is 0 Å². The zero-order valence-corrected chi connectivity index (χ0v) is 18.2. The van der Waals surface area contributed by atoms with Gasteiger partial charge in [-0.2, -0.15) is 0 Å². The van der Waals surface area contributed by atoms with Gasteiger partial charge >= 0.3 is 153 Å². The normalized spacial score (nSPS) is 33.4. The van der Waals surface area contributed by atoms with E-state index in [4.69, 9.17) is 23.2 Å². The van der Waals surface area contributed by atoms with Crippen molar-refractivity contribution in [2.24, 2.45) is 5.92 Å². The number of rotatable bonds is 4. The molecular formula is C15H26Cl2NOSiTi. The van der Waals surface area contributed by atoms with Gasteiger partial charge in [0.25, 0.3) is 0 Å². The first-order valence-electron chi connectivity index (χ1n) is 7.47. The van der Waals surface area contributed by atoms with Gasteiger partial charge in [-0.25, -0.2) is 0 Å². The van der Waals surface area contributed by atoms with Crippen molar-refractivity contribution >= 4 is 37.3 Å². The fourth-order valence-corrected chi connectivity index (χ4v) is 10.1. The summed E-state index contributed by atoms with van der Waals surface area (Å²) in [5.41, 5.74) is 2.42. The van der Waals surface area contributed by atoms with E-state index in [1.54, 1.807) is 0 Å². The van der Waals surface area contributed by atoms with Crippen LogP contribution < -0.4 is 0 Å². The molecule has 21 heavy (non-hydrogen) atoms. The quantitative estimate of drug-likeness (QED) is 0.389. The number of alkyl halides is 2. The number of amides is 1. The summed E-state index contributed by atoms with van der Waals surface area (Å²) in [6, 6.07) is 0. The molecule has 119 valence electrons. The third-order valence-corrected chi connectivity index (χ3v) is 15.4. The second-order valence-electron chi connectivity index (χ2n) is 6.78. The van der Waals surface area contributed by atoms with Crippen molar-refractivity contribution in [2.75, 3.05) is 0 Å². The molecule has 3 unspecified atom stereocenters. The molecule has 1 amide bonds. The van der Waals surface area contributed by atoms with Gasteiger partial charge in [-0.1, -0.05) is 0 Å². The van der Waals surface area contributed by atoms with Gasteiger partial charge in [0.1, 0.15) is 0 Å². The Morgan fingerprint density at radius 1 is 1.38 bits per heavy atom. The Bertz CT molecular complexity index is 478. The maximum absolute atomic E-state index is 12.4. The molecule has 1 rings (SSSR count). The second kappa shape index (κ2) is 6.32. The van der Waals surface area contributed by atoms with Crippen LogP contribution in [-0.2, 0) is 25.5 Å². The number of hydrogen-bond acceptors (Lipinski definition) is 1. The molecule has 1 aliphatic carbocycles. The van der Waals surface area contributed by atoms with E-state index < -0.39 is 17.6 Å². The molecule has 0 spiro atoms. The molecule has 0 saturated carbocycles. The van der Waals surface area contributed by atoms with E-state index in [-0.39, 0.29) is 11.8 Å².